The Morgan fingerprint density at radius 1 is 1.31 bits per heavy atom. The SMILES string of the molecule is C[C@@H](O)/C=C/[C@](C)(O)[C@@H]1CC[C@@H]2C3=CC(=O)[C@H]4CC(=CC[C@H](O)C4)[C@H]3CC[C@@]21C. The van der Waals surface area contributed by atoms with E-state index >= 15 is 0 Å². The fourth-order valence-corrected chi connectivity index (χ4v) is 6.95. The lowest BCUT2D eigenvalue weighted by Gasteiger charge is -2.49. The number of hydrogen-bond acceptors (Lipinski definition) is 4. The highest BCUT2D eigenvalue weighted by atomic mass is 16.3. The number of ketones is 1. The lowest BCUT2D eigenvalue weighted by Crippen LogP contribution is -2.45. The summed E-state index contributed by atoms with van der Waals surface area (Å²) < 4.78 is 0. The predicted octanol–water partition coefficient (Wildman–Crippen LogP) is 3.71. The molecule has 2 saturated carbocycles. The molecule has 0 aromatic heterocycles. The van der Waals surface area contributed by atoms with Gasteiger partial charge in [0.2, 0.25) is 0 Å². The molecule has 0 radical (unpaired) electrons. The Kier molecular flexibility index (Phi) is 5.42. The smallest absolute Gasteiger partial charge is 0.159 e. The molecular formula is C25H36O4. The van der Waals surface area contributed by atoms with Crippen LogP contribution in [0.3, 0.4) is 0 Å². The van der Waals surface area contributed by atoms with Crippen molar-refractivity contribution in [3.05, 3.63) is 35.5 Å². The quantitative estimate of drug-likeness (QED) is 0.631. The molecule has 0 amide bonds. The van der Waals surface area contributed by atoms with Crippen LogP contribution in [0, 0.1) is 29.1 Å². The van der Waals surface area contributed by atoms with Crippen LogP contribution >= 0.6 is 0 Å². The summed E-state index contributed by atoms with van der Waals surface area (Å²) in [5, 5.41) is 31.1. The number of hydrogen-bond donors (Lipinski definition) is 3. The predicted molar refractivity (Wildman–Crippen MR) is 113 cm³/mol. The summed E-state index contributed by atoms with van der Waals surface area (Å²) in [4.78, 5) is 13.0. The Morgan fingerprint density at radius 3 is 2.79 bits per heavy atom. The Bertz CT molecular complexity index is 759. The van der Waals surface area contributed by atoms with E-state index in [1.54, 1.807) is 19.1 Å². The number of aliphatic hydroxyl groups excluding tert-OH is 2. The third kappa shape index (κ3) is 3.68. The molecule has 4 aliphatic carbocycles. The Morgan fingerprint density at radius 2 is 2.07 bits per heavy atom. The lowest BCUT2D eigenvalue weighted by molar-refractivity contribution is -0.119. The average molecular weight is 401 g/mol. The number of aliphatic hydroxyl groups is 3. The Hall–Kier alpha value is -1.23. The molecule has 2 fully saturated rings. The van der Waals surface area contributed by atoms with Crippen LogP contribution in [0.5, 0.6) is 0 Å². The van der Waals surface area contributed by atoms with E-state index < -0.39 is 17.8 Å². The molecule has 160 valence electrons. The largest absolute Gasteiger partial charge is 0.393 e. The third-order valence-electron chi connectivity index (χ3n) is 8.38. The molecule has 0 aliphatic heterocycles. The molecule has 0 spiro atoms. The van der Waals surface area contributed by atoms with E-state index in [4.69, 9.17) is 0 Å². The second-order valence-electron chi connectivity index (χ2n) is 10.5. The van der Waals surface area contributed by atoms with Crippen molar-refractivity contribution in [2.24, 2.45) is 29.1 Å². The minimum atomic E-state index is -0.973. The van der Waals surface area contributed by atoms with E-state index in [1.807, 2.05) is 13.0 Å². The zero-order valence-corrected chi connectivity index (χ0v) is 18.0. The average Bonchev–Trinajstić information content (AvgIpc) is 2.81. The topological polar surface area (TPSA) is 77.8 Å². The first kappa shape index (κ1) is 21.0. The van der Waals surface area contributed by atoms with Crippen molar-refractivity contribution in [2.75, 3.05) is 0 Å². The Balaban J connectivity index is 1.67. The van der Waals surface area contributed by atoms with Crippen LogP contribution in [0.25, 0.3) is 0 Å². The lowest BCUT2D eigenvalue weighted by atomic mass is 9.57. The van der Waals surface area contributed by atoms with Crippen molar-refractivity contribution < 1.29 is 20.1 Å². The van der Waals surface area contributed by atoms with Gasteiger partial charge in [-0.3, -0.25) is 4.79 Å². The van der Waals surface area contributed by atoms with Gasteiger partial charge in [0.05, 0.1) is 17.8 Å². The van der Waals surface area contributed by atoms with E-state index in [2.05, 4.69) is 13.0 Å². The van der Waals surface area contributed by atoms with Gasteiger partial charge in [-0.1, -0.05) is 36.3 Å². The van der Waals surface area contributed by atoms with Crippen molar-refractivity contribution in [3.8, 4) is 0 Å². The van der Waals surface area contributed by atoms with E-state index in [-0.39, 0.29) is 23.0 Å². The molecule has 0 aromatic carbocycles. The van der Waals surface area contributed by atoms with Gasteiger partial charge in [0, 0.05) is 11.8 Å². The van der Waals surface area contributed by atoms with Gasteiger partial charge < -0.3 is 15.3 Å². The summed E-state index contributed by atoms with van der Waals surface area (Å²) >= 11 is 0. The van der Waals surface area contributed by atoms with Crippen LogP contribution in [-0.2, 0) is 4.79 Å². The maximum absolute atomic E-state index is 13.0. The Labute approximate surface area is 174 Å². The molecule has 2 bridgehead atoms. The van der Waals surface area contributed by atoms with Gasteiger partial charge in [-0.05, 0) is 82.1 Å². The normalized spacial score (nSPS) is 42.8. The summed E-state index contributed by atoms with van der Waals surface area (Å²) in [5.74, 6) is 0.838. The van der Waals surface area contributed by atoms with Crippen LogP contribution in [0.15, 0.2) is 35.5 Å². The van der Waals surface area contributed by atoms with Crippen LogP contribution in [0.2, 0.25) is 0 Å². The number of rotatable bonds is 3. The molecule has 0 aromatic rings. The first-order valence-corrected chi connectivity index (χ1v) is 11.3. The maximum Gasteiger partial charge on any atom is 0.159 e. The third-order valence-corrected chi connectivity index (χ3v) is 8.38. The fourth-order valence-electron chi connectivity index (χ4n) is 6.95. The van der Waals surface area contributed by atoms with Crippen LogP contribution < -0.4 is 0 Å². The molecule has 8 atom stereocenters. The number of fused-ring (bicyclic) bond motifs is 6. The minimum Gasteiger partial charge on any atom is -0.393 e. The molecule has 3 N–H and O–H groups in total. The number of allylic oxidation sites excluding steroid dienone is 3. The number of carbonyl (C=O) groups is 1. The molecular weight excluding hydrogens is 364 g/mol. The molecule has 29 heavy (non-hydrogen) atoms. The monoisotopic (exact) mass is 400 g/mol. The van der Waals surface area contributed by atoms with Gasteiger partial charge in [0.15, 0.2) is 5.78 Å². The molecule has 0 unspecified atom stereocenters. The van der Waals surface area contributed by atoms with Gasteiger partial charge in [-0.15, -0.1) is 0 Å². The summed E-state index contributed by atoms with van der Waals surface area (Å²) in [5.41, 5.74) is 1.62. The molecule has 4 nitrogen and oxygen atoms in total. The van der Waals surface area contributed by atoms with Crippen molar-refractivity contribution in [2.45, 2.75) is 83.5 Å². The van der Waals surface area contributed by atoms with Crippen molar-refractivity contribution in [1.29, 1.82) is 0 Å². The zero-order valence-electron chi connectivity index (χ0n) is 18.0. The zero-order chi connectivity index (χ0) is 21.0. The highest BCUT2D eigenvalue weighted by molar-refractivity contribution is 5.93. The van der Waals surface area contributed by atoms with Crippen LogP contribution in [-0.4, -0.2) is 38.9 Å². The standard InChI is InChI=1S/C25H36O4/c1-15(26)8-11-25(3,29)23-7-6-21-20-14-22(28)17-12-16(4-5-18(27)13-17)19(20)9-10-24(21,23)2/h4,8,11,14-15,17-19,21,23,26-27,29H,5-7,9-10,12-13H2,1-3H3/b11-8+/t15-,17+,18+,19-,21-,23-,24+,25+/m1/s1. The molecule has 4 rings (SSSR count). The summed E-state index contributed by atoms with van der Waals surface area (Å²) in [6, 6.07) is 0. The van der Waals surface area contributed by atoms with Gasteiger partial charge in [-0.2, -0.15) is 0 Å². The van der Waals surface area contributed by atoms with Crippen LogP contribution in [0.1, 0.15) is 65.7 Å². The van der Waals surface area contributed by atoms with Crippen molar-refractivity contribution in [3.63, 3.8) is 0 Å². The van der Waals surface area contributed by atoms with Gasteiger partial charge in [-0.25, -0.2) is 0 Å². The number of carbonyl (C=O) groups excluding carboxylic acids is 1. The molecule has 0 saturated heterocycles. The molecule has 4 aliphatic rings. The molecule has 0 heterocycles. The van der Waals surface area contributed by atoms with Gasteiger partial charge in [0.25, 0.3) is 0 Å². The first-order chi connectivity index (χ1) is 13.6. The van der Waals surface area contributed by atoms with E-state index in [1.165, 1.54) is 11.1 Å². The molecule has 4 heteroatoms. The van der Waals surface area contributed by atoms with E-state index in [0.717, 1.165) is 32.1 Å². The van der Waals surface area contributed by atoms with Gasteiger partial charge in [0.1, 0.15) is 0 Å². The van der Waals surface area contributed by atoms with Crippen molar-refractivity contribution >= 4 is 5.78 Å². The van der Waals surface area contributed by atoms with E-state index in [9.17, 15) is 20.1 Å². The van der Waals surface area contributed by atoms with Crippen LogP contribution in [0.4, 0.5) is 0 Å². The minimum absolute atomic E-state index is 0.0519. The van der Waals surface area contributed by atoms with Crippen molar-refractivity contribution in [1.82, 2.24) is 0 Å². The first-order valence-electron chi connectivity index (χ1n) is 11.3. The highest BCUT2D eigenvalue weighted by Crippen LogP contribution is 2.63. The maximum atomic E-state index is 13.0. The van der Waals surface area contributed by atoms with E-state index in [0.29, 0.717) is 24.7 Å². The second-order valence-corrected chi connectivity index (χ2v) is 10.5. The summed E-state index contributed by atoms with van der Waals surface area (Å²) in [6.07, 6.45) is 12.6. The second kappa shape index (κ2) is 7.47. The summed E-state index contributed by atoms with van der Waals surface area (Å²) in [6.45, 7) is 5.86. The van der Waals surface area contributed by atoms with Gasteiger partial charge >= 0.3 is 0 Å². The summed E-state index contributed by atoms with van der Waals surface area (Å²) in [7, 11) is 0. The highest BCUT2D eigenvalue weighted by Gasteiger charge is 2.57. The fraction of sp³-hybridized carbons (Fsp3) is 0.720.